The third kappa shape index (κ3) is 4.88. The van der Waals surface area contributed by atoms with Crippen molar-refractivity contribution in [3.63, 3.8) is 0 Å². The molecule has 2 aromatic rings. The second-order valence-electron chi connectivity index (χ2n) is 6.62. The summed E-state index contributed by atoms with van der Waals surface area (Å²) in [4.78, 5) is 23.7. The second-order valence-corrected chi connectivity index (χ2v) is 8.13. The van der Waals surface area contributed by atoms with Crippen LogP contribution in [0.3, 0.4) is 0 Å². The zero-order valence-electron chi connectivity index (χ0n) is 15.7. The van der Waals surface area contributed by atoms with Crippen molar-refractivity contribution in [3.05, 3.63) is 50.1 Å². The fraction of sp³-hybridized carbons (Fsp3) is 0.368. The average Bonchev–Trinajstić information content (AvgIpc) is 2.98. The Hall–Kier alpha value is -2.59. The molecule has 154 valence electrons. The highest BCUT2D eigenvalue weighted by molar-refractivity contribution is 7.80. The fourth-order valence-electron chi connectivity index (χ4n) is 3.32. The van der Waals surface area contributed by atoms with Gasteiger partial charge in [-0.05, 0) is 55.6 Å². The van der Waals surface area contributed by atoms with Gasteiger partial charge in [0.05, 0.1) is 17.6 Å². The molecule has 29 heavy (non-hydrogen) atoms. The van der Waals surface area contributed by atoms with Gasteiger partial charge in [0, 0.05) is 16.6 Å². The normalized spacial score (nSPS) is 13.6. The number of ether oxygens (including phenoxy) is 1. The molecular formula is C19H20FN3O4S2. The highest BCUT2D eigenvalue weighted by Gasteiger charge is 2.25. The van der Waals surface area contributed by atoms with E-state index in [0.29, 0.717) is 10.6 Å². The largest absolute Gasteiger partial charge is 0.465 e. The Morgan fingerprint density at radius 1 is 1.24 bits per heavy atom. The van der Waals surface area contributed by atoms with Crippen LogP contribution in [0, 0.1) is 15.9 Å². The van der Waals surface area contributed by atoms with Gasteiger partial charge >= 0.3 is 11.7 Å². The number of hydrogen-bond acceptors (Lipinski definition) is 6. The number of thiocarbonyl (C=S) groups is 1. The van der Waals surface area contributed by atoms with E-state index in [1.807, 2.05) is 0 Å². The number of carbonyl (C=O) groups excluding carboxylic acids is 1. The number of carbonyl (C=O) groups is 1. The zero-order chi connectivity index (χ0) is 21.0. The first kappa shape index (κ1) is 21.1. The molecule has 0 radical (unpaired) electrons. The predicted molar refractivity (Wildman–Crippen MR) is 114 cm³/mol. The molecule has 0 spiro atoms. The van der Waals surface area contributed by atoms with Crippen LogP contribution in [0.15, 0.2) is 18.2 Å². The molecule has 0 fully saturated rings. The minimum atomic E-state index is -0.925. The van der Waals surface area contributed by atoms with Gasteiger partial charge in [0.15, 0.2) is 5.11 Å². The molecule has 0 amide bonds. The van der Waals surface area contributed by atoms with Gasteiger partial charge in [-0.2, -0.15) is 4.39 Å². The summed E-state index contributed by atoms with van der Waals surface area (Å²) in [6, 6.07) is 3.42. The number of nitro benzene ring substituents is 1. The molecule has 1 aromatic carbocycles. The van der Waals surface area contributed by atoms with E-state index in [0.717, 1.165) is 61.1 Å². The highest BCUT2D eigenvalue weighted by Crippen LogP contribution is 2.37. The van der Waals surface area contributed by atoms with E-state index in [9.17, 15) is 19.3 Å². The maximum atomic E-state index is 13.5. The summed E-state index contributed by atoms with van der Waals surface area (Å²) >= 11 is 6.78. The van der Waals surface area contributed by atoms with Crippen molar-refractivity contribution in [2.24, 2.45) is 0 Å². The van der Waals surface area contributed by atoms with Crippen LogP contribution in [0.25, 0.3) is 0 Å². The Morgan fingerprint density at radius 2 is 1.97 bits per heavy atom. The van der Waals surface area contributed by atoms with Gasteiger partial charge in [-0.15, -0.1) is 11.3 Å². The summed E-state index contributed by atoms with van der Waals surface area (Å²) in [5, 5.41) is 17.5. The van der Waals surface area contributed by atoms with Crippen LogP contribution in [0.5, 0.6) is 0 Å². The molecule has 1 heterocycles. The van der Waals surface area contributed by atoms with Crippen molar-refractivity contribution in [3.8, 4) is 0 Å². The van der Waals surface area contributed by atoms with E-state index < -0.39 is 22.4 Å². The zero-order valence-corrected chi connectivity index (χ0v) is 17.4. The summed E-state index contributed by atoms with van der Waals surface area (Å²) in [6.07, 6.45) is 6.07. The molecule has 1 aliphatic carbocycles. The molecule has 1 aliphatic rings. The second kappa shape index (κ2) is 9.27. The molecule has 10 heteroatoms. The Kier molecular flexibility index (Phi) is 6.75. The van der Waals surface area contributed by atoms with E-state index in [1.54, 1.807) is 0 Å². The maximum absolute atomic E-state index is 13.5. The minimum absolute atomic E-state index is 0.144. The van der Waals surface area contributed by atoms with Crippen molar-refractivity contribution in [1.82, 2.24) is 0 Å². The van der Waals surface area contributed by atoms with Gasteiger partial charge in [0.25, 0.3) is 0 Å². The molecule has 0 atom stereocenters. The van der Waals surface area contributed by atoms with Crippen molar-refractivity contribution in [1.29, 1.82) is 0 Å². The number of methoxy groups -OCH3 is 1. The molecular weight excluding hydrogens is 417 g/mol. The average molecular weight is 438 g/mol. The molecule has 0 saturated heterocycles. The van der Waals surface area contributed by atoms with E-state index >= 15 is 0 Å². The van der Waals surface area contributed by atoms with Crippen LogP contribution in [0.1, 0.15) is 46.5 Å². The smallest absolute Gasteiger partial charge is 0.341 e. The lowest BCUT2D eigenvalue weighted by Crippen LogP contribution is -2.20. The number of rotatable bonds is 4. The third-order valence-corrected chi connectivity index (χ3v) is 6.10. The van der Waals surface area contributed by atoms with Crippen LogP contribution in [0.4, 0.5) is 20.8 Å². The first-order valence-corrected chi connectivity index (χ1v) is 10.4. The Balaban J connectivity index is 1.84. The van der Waals surface area contributed by atoms with E-state index in [1.165, 1.54) is 24.5 Å². The number of nitrogens with zero attached hydrogens (tertiary/aromatic N) is 1. The summed E-state index contributed by atoms with van der Waals surface area (Å²) in [7, 11) is 1.34. The number of hydrogen-bond donors (Lipinski definition) is 2. The van der Waals surface area contributed by atoms with E-state index in [2.05, 4.69) is 10.6 Å². The number of nitrogens with one attached hydrogen (secondary N) is 2. The molecule has 0 unspecified atom stereocenters. The Bertz CT molecular complexity index is 961. The minimum Gasteiger partial charge on any atom is -0.465 e. The van der Waals surface area contributed by atoms with Gasteiger partial charge in [-0.25, -0.2) is 4.79 Å². The Morgan fingerprint density at radius 3 is 2.66 bits per heavy atom. The first-order valence-electron chi connectivity index (χ1n) is 9.15. The number of esters is 1. The summed E-state index contributed by atoms with van der Waals surface area (Å²) in [5.74, 6) is -1.35. The number of benzene rings is 1. The lowest BCUT2D eigenvalue weighted by Gasteiger charge is -2.12. The van der Waals surface area contributed by atoms with Crippen LogP contribution >= 0.6 is 23.6 Å². The number of anilines is 2. The van der Waals surface area contributed by atoms with E-state index in [4.69, 9.17) is 17.0 Å². The lowest BCUT2D eigenvalue weighted by molar-refractivity contribution is -0.387. The first-order chi connectivity index (χ1) is 13.9. The standard InChI is InChI=1S/C19H20FN3O4S2/c1-27-18(24)16-12-6-4-2-3-5-7-15(12)29-17(16)22-19(28)21-11-8-9-13(20)14(10-11)23(25)26/h8-10H,2-7H2,1H3,(H2,21,22,28). The number of aryl methyl sites for hydroxylation is 1. The molecule has 3 rings (SSSR count). The summed E-state index contributed by atoms with van der Waals surface area (Å²) in [5.41, 5.74) is 1.12. The SMILES string of the molecule is COC(=O)c1c(NC(=S)Nc2ccc(F)c([N+](=O)[O-])c2)sc2c1CCCCCC2. The maximum Gasteiger partial charge on any atom is 0.341 e. The number of nitro groups is 1. The van der Waals surface area contributed by atoms with Crippen molar-refractivity contribution in [2.45, 2.75) is 38.5 Å². The van der Waals surface area contributed by atoms with E-state index in [-0.39, 0.29) is 10.8 Å². The predicted octanol–water partition coefficient (Wildman–Crippen LogP) is 5.05. The number of fused-ring (bicyclic) bond motifs is 1. The highest BCUT2D eigenvalue weighted by atomic mass is 32.1. The van der Waals surface area contributed by atoms with Crippen LogP contribution < -0.4 is 10.6 Å². The van der Waals surface area contributed by atoms with Crippen molar-refractivity contribution < 1.29 is 18.8 Å². The van der Waals surface area contributed by atoms with Gasteiger partial charge in [0.2, 0.25) is 5.82 Å². The van der Waals surface area contributed by atoms with Crippen molar-refractivity contribution in [2.75, 3.05) is 17.7 Å². The molecule has 7 nitrogen and oxygen atoms in total. The van der Waals surface area contributed by atoms with Crippen LogP contribution in [-0.2, 0) is 17.6 Å². The molecule has 0 bridgehead atoms. The van der Waals surface area contributed by atoms with Gasteiger partial charge in [-0.3, -0.25) is 10.1 Å². The molecule has 1 aromatic heterocycles. The Labute approximate surface area is 176 Å². The molecule has 0 aliphatic heterocycles. The number of thiophene rings is 1. The molecule has 0 saturated carbocycles. The number of halogens is 1. The quantitative estimate of drug-likeness (QED) is 0.299. The van der Waals surface area contributed by atoms with Crippen molar-refractivity contribution >= 4 is 51.0 Å². The summed E-state index contributed by atoms with van der Waals surface area (Å²) < 4.78 is 18.5. The van der Waals surface area contributed by atoms with Crippen LogP contribution in [0.2, 0.25) is 0 Å². The topological polar surface area (TPSA) is 93.5 Å². The van der Waals surface area contributed by atoms with Gasteiger partial charge in [0.1, 0.15) is 5.00 Å². The summed E-state index contributed by atoms with van der Waals surface area (Å²) in [6.45, 7) is 0. The fourth-order valence-corrected chi connectivity index (χ4v) is 4.89. The lowest BCUT2D eigenvalue weighted by atomic mass is 9.96. The third-order valence-electron chi connectivity index (χ3n) is 4.69. The van der Waals surface area contributed by atoms with Crippen LogP contribution in [-0.4, -0.2) is 23.1 Å². The monoisotopic (exact) mass is 437 g/mol. The van der Waals surface area contributed by atoms with Gasteiger partial charge in [-0.1, -0.05) is 12.8 Å². The molecule has 2 N–H and O–H groups in total. The van der Waals surface area contributed by atoms with Gasteiger partial charge < -0.3 is 15.4 Å².